The number of hydrogen-bond acceptors (Lipinski definition) is 3. The number of aromatic nitrogens is 1. The molecule has 158 valence electrons. The van der Waals surface area contributed by atoms with Gasteiger partial charge in [-0.25, -0.2) is 0 Å². The number of halogens is 2. The molecule has 30 heavy (non-hydrogen) atoms. The Hall–Kier alpha value is -2.05. The van der Waals surface area contributed by atoms with Gasteiger partial charge in [-0.2, -0.15) is 0 Å². The highest BCUT2D eigenvalue weighted by Gasteiger charge is 2.36. The SMILES string of the molecule is COCCn1c(C(=O)N2CCC(O)(c3ccc(Cl)cc3)CC2)cc2cc(Cl)ccc21. The maximum Gasteiger partial charge on any atom is 0.270 e. The van der Waals surface area contributed by atoms with Crippen molar-refractivity contribution in [2.45, 2.75) is 25.0 Å². The van der Waals surface area contributed by atoms with E-state index in [-0.39, 0.29) is 5.91 Å². The zero-order chi connectivity index (χ0) is 21.3. The minimum Gasteiger partial charge on any atom is -0.385 e. The van der Waals surface area contributed by atoms with E-state index >= 15 is 0 Å². The quantitative estimate of drug-likeness (QED) is 0.616. The largest absolute Gasteiger partial charge is 0.385 e. The Kier molecular flexibility index (Phi) is 6.07. The number of ether oxygens (including phenoxy) is 1. The van der Waals surface area contributed by atoms with Crippen molar-refractivity contribution in [3.05, 3.63) is 69.8 Å². The molecule has 1 saturated heterocycles. The van der Waals surface area contributed by atoms with Crippen molar-refractivity contribution in [2.75, 3.05) is 26.8 Å². The van der Waals surface area contributed by atoms with E-state index < -0.39 is 5.60 Å². The molecule has 2 heterocycles. The number of likely N-dealkylation sites (tertiary alicyclic amines) is 1. The lowest BCUT2D eigenvalue weighted by Crippen LogP contribution is -2.45. The molecule has 3 aromatic rings. The van der Waals surface area contributed by atoms with Crippen LogP contribution in [0.4, 0.5) is 0 Å². The second-order valence-electron chi connectivity index (χ2n) is 7.71. The molecule has 4 rings (SSSR count). The van der Waals surface area contributed by atoms with Gasteiger partial charge in [0.2, 0.25) is 0 Å². The fourth-order valence-electron chi connectivity index (χ4n) is 4.13. The molecule has 5 nitrogen and oxygen atoms in total. The Morgan fingerprint density at radius 1 is 1.07 bits per heavy atom. The summed E-state index contributed by atoms with van der Waals surface area (Å²) in [5, 5.41) is 13.3. The first-order chi connectivity index (χ1) is 14.4. The molecule has 0 atom stereocenters. The summed E-state index contributed by atoms with van der Waals surface area (Å²) < 4.78 is 7.22. The van der Waals surface area contributed by atoms with Crippen molar-refractivity contribution in [1.29, 1.82) is 0 Å². The van der Waals surface area contributed by atoms with Crippen molar-refractivity contribution in [3.8, 4) is 0 Å². The number of benzene rings is 2. The second kappa shape index (κ2) is 8.60. The molecule has 0 aliphatic carbocycles. The van der Waals surface area contributed by atoms with Gasteiger partial charge in [0.05, 0.1) is 12.2 Å². The Morgan fingerprint density at radius 2 is 1.73 bits per heavy atom. The van der Waals surface area contributed by atoms with Crippen LogP contribution in [0.1, 0.15) is 28.9 Å². The summed E-state index contributed by atoms with van der Waals surface area (Å²) in [6.45, 7) is 2.03. The van der Waals surface area contributed by atoms with Crippen molar-refractivity contribution >= 4 is 40.0 Å². The number of carbonyl (C=O) groups is 1. The number of fused-ring (bicyclic) bond motifs is 1. The first-order valence-corrected chi connectivity index (χ1v) is 10.7. The summed E-state index contributed by atoms with van der Waals surface area (Å²) in [4.78, 5) is 15.2. The maximum absolute atomic E-state index is 13.4. The third kappa shape index (κ3) is 4.08. The summed E-state index contributed by atoms with van der Waals surface area (Å²) in [5.41, 5.74) is 1.45. The molecular weight excluding hydrogens is 423 g/mol. The number of hydrogen-bond donors (Lipinski definition) is 1. The molecule has 1 aliphatic heterocycles. The zero-order valence-corrected chi connectivity index (χ0v) is 18.3. The van der Waals surface area contributed by atoms with E-state index in [0.29, 0.717) is 54.8 Å². The number of piperidine rings is 1. The van der Waals surface area contributed by atoms with Crippen molar-refractivity contribution in [2.24, 2.45) is 0 Å². The Balaban J connectivity index is 1.56. The summed E-state index contributed by atoms with van der Waals surface area (Å²) in [5.74, 6) is -0.0448. The van der Waals surface area contributed by atoms with Crippen molar-refractivity contribution < 1.29 is 14.6 Å². The predicted octanol–water partition coefficient (Wildman–Crippen LogP) is 4.72. The van der Waals surface area contributed by atoms with E-state index in [2.05, 4.69) is 0 Å². The van der Waals surface area contributed by atoms with Crippen LogP contribution in [0, 0.1) is 0 Å². The topological polar surface area (TPSA) is 54.7 Å². The Labute approximate surface area is 185 Å². The first-order valence-electron chi connectivity index (χ1n) is 9.97. The Bertz CT molecular complexity index is 1050. The molecule has 0 saturated carbocycles. The monoisotopic (exact) mass is 446 g/mol. The summed E-state index contributed by atoms with van der Waals surface area (Å²) in [6.07, 6.45) is 0.953. The zero-order valence-electron chi connectivity index (χ0n) is 16.8. The highest BCUT2D eigenvalue weighted by molar-refractivity contribution is 6.31. The Morgan fingerprint density at radius 3 is 2.40 bits per heavy atom. The van der Waals surface area contributed by atoms with Crippen LogP contribution in [0.15, 0.2) is 48.5 Å². The van der Waals surface area contributed by atoms with Crippen LogP contribution in [0.3, 0.4) is 0 Å². The highest BCUT2D eigenvalue weighted by Crippen LogP contribution is 2.34. The van der Waals surface area contributed by atoms with E-state index in [1.807, 2.05) is 45.9 Å². The molecule has 1 amide bonds. The molecule has 1 N–H and O–H groups in total. The molecular formula is C23H24Cl2N2O3. The van der Waals surface area contributed by atoms with Crippen LogP contribution < -0.4 is 0 Å². The molecule has 7 heteroatoms. The third-order valence-corrected chi connectivity index (χ3v) is 6.35. The fraction of sp³-hybridized carbons (Fsp3) is 0.348. The molecule has 1 aromatic heterocycles. The average molecular weight is 447 g/mol. The number of nitrogens with zero attached hydrogens (tertiary/aromatic N) is 2. The molecule has 1 fully saturated rings. The molecule has 2 aromatic carbocycles. The van der Waals surface area contributed by atoms with Crippen LogP contribution in [0.5, 0.6) is 0 Å². The fourth-order valence-corrected chi connectivity index (χ4v) is 4.44. The van der Waals surface area contributed by atoms with Crippen molar-refractivity contribution in [1.82, 2.24) is 9.47 Å². The minimum atomic E-state index is -0.947. The number of aliphatic hydroxyl groups is 1. The molecule has 1 aliphatic rings. The summed E-state index contributed by atoms with van der Waals surface area (Å²) >= 11 is 12.1. The molecule has 0 unspecified atom stereocenters. The van der Waals surface area contributed by atoms with Gasteiger partial charge < -0.3 is 19.3 Å². The van der Waals surface area contributed by atoms with Gasteiger partial charge in [-0.1, -0.05) is 35.3 Å². The predicted molar refractivity (Wildman–Crippen MR) is 119 cm³/mol. The van der Waals surface area contributed by atoms with Gasteiger partial charge in [0, 0.05) is 47.7 Å². The summed E-state index contributed by atoms with van der Waals surface area (Å²) in [7, 11) is 1.65. The lowest BCUT2D eigenvalue weighted by Gasteiger charge is -2.38. The van der Waals surface area contributed by atoms with Crippen LogP contribution in [-0.2, 0) is 16.9 Å². The highest BCUT2D eigenvalue weighted by atomic mass is 35.5. The lowest BCUT2D eigenvalue weighted by molar-refractivity contribution is -0.0213. The van der Waals surface area contributed by atoms with Gasteiger partial charge in [-0.3, -0.25) is 4.79 Å². The smallest absolute Gasteiger partial charge is 0.270 e. The van der Waals surface area contributed by atoms with Crippen LogP contribution >= 0.6 is 23.2 Å². The van der Waals surface area contributed by atoms with Gasteiger partial charge in [-0.05, 0) is 54.8 Å². The van der Waals surface area contributed by atoms with Gasteiger partial charge in [0.25, 0.3) is 5.91 Å². The van der Waals surface area contributed by atoms with Gasteiger partial charge >= 0.3 is 0 Å². The van der Waals surface area contributed by atoms with E-state index in [1.54, 1.807) is 19.2 Å². The maximum atomic E-state index is 13.4. The van der Waals surface area contributed by atoms with E-state index in [1.165, 1.54) is 0 Å². The summed E-state index contributed by atoms with van der Waals surface area (Å²) in [6, 6.07) is 14.8. The first kappa shape index (κ1) is 21.2. The van der Waals surface area contributed by atoms with Gasteiger partial charge in [0.1, 0.15) is 5.69 Å². The minimum absolute atomic E-state index is 0.0448. The van der Waals surface area contributed by atoms with Crippen LogP contribution in [0.25, 0.3) is 10.9 Å². The number of rotatable bonds is 5. The molecule has 0 bridgehead atoms. The van der Waals surface area contributed by atoms with E-state index in [4.69, 9.17) is 27.9 Å². The van der Waals surface area contributed by atoms with Crippen LogP contribution in [0.2, 0.25) is 10.0 Å². The molecule has 0 spiro atoms. The van der Waals surface area contributed by atoms with Gasteiger partial charge in [0.15, 0.2) is 0 Å². The van der Waals surface area contributed by atoms with E-state index in [0.717, 1.165) is 16.5 Å². The number of carbonyl (C=O) groups excluding carboxylic acids is 1. The standard InChI is InChI=1S/C23H24Cl2N2O3/c1-30-13-12-27-20-7-6-19(25)14-16(20)15-21(27)22(28)26-10-8-23(29,9-11-26)17-2-4-18(24)5-3-17/h2-7,14-15,29H,8-13H2,1H3. The van der Waals surface area contributed by atoms with Gasteiger partial charge in [-0.15, -0.1) is 0 Å². The normalized spacial score (nSPS) is 16.2. The second-order valence-corrected chi connectivity index (χ2v) is 8.58. The van der Waals surface area contributed by atoms with Crippen LogP contribution in [-0.4, -0.2) is 47.3 Å². The lowest BCUT2D eigenvalue weighted by atomic mass is 9.84. The average Bonchev–Trinajstić information content (AvgIpc) is 3.10. The van der Waals surface area contributed by atoms with Crippen molar-refractivity contribution in [3.63, 3.8) is 0 Å². The number of amides is 1. The third-order valence-electron chi connectivity index (χ3n) is 5.86. The van der Waals surface area contributed by atoms with E-state index in [9.17, 15) is 9.90 Å². The number of methoxy groups -OCH3 is 1. The molecule has 0 radical (unpaired) electrons.